The number of nitrogens with one attached hydrogen (secondary N) is 1. The Kier molecular flexibility index (Phi) is 5.98. The van der Waals surface area contributed by atoms with Gasteiger partial charge in [0.2, 0.25) is 5.91 Å². The molecule has 0 radical (unpaired) electrons. The summed E-state index contributed by atoms with van der Waals surface area (Å²) in [6.45, 7) is 0.364. The molecule has 0 saturated heterocycles. The van der Waals surface area contributed by atoms with Crippen LogP contribution in [0.25, 0.3) is 10.9 Å². The van der Waals surface area contributed by atoms with Gasteiger partial charge in [-0.3, -0.25) is 19.1 Å². The SMILES string of the molecule is O=C(CCn1cnc2ccccc2c1=O)NCc1ccc(Oc2cccnc2)c(F)c1. The summed E-state index contributed by atoms with van der Waals surface area (Å²) in [7, 11) is 0. The Bertz CT molecular complexity index is 1270. The normalized spacial score (nSPS) is 10.7. The van der Waals surface area contributed by atoms with E-state index < -0.39 is 5.82 Å². The fourth-order valence-corrected chi connectivity index (χ4v) is 3.05. The van der Waals surface area contributed by atoms with E-state index in [2.05, 4.69) is 15.3 Å². The molecule has 0 atom stereocenters. The van der Waals surface area contributed by atoms with Crippen LogP contribution in [0.4, 0.5) is 4.39 Å². The highest BCUT2D eigenvalue weighted by atomic mass is 19.1. The lowest BCUT2D eigenvalue weighted by Crippen LogP contribution is -2.27. The number of pyridine rings is 1. The summed E-state index contributed by atoms with van der Waals surface area (Å²) in [6, 6.07) is 14.9. The monoisotopic (exact) mass is 418 g/mol. The van der Waals surface area contributed by atoms with E-state index in [4.69, 9.17) is 4.74 Å². The molecule has 7 nitrogen and oxygen atoms in total. The Morgan fingerprint density at radius 2 is 2.00 bits per heavy atom. The van der Waals surface area contributed by atoms with Crippen molar-refractivity contribution in [3.8, 4) is 11.5 Å². The molecule has 0 aliphatic heterocycles. The summed E-state index contributed by atoms with van der Waals surface area (Å²) in [5, 5.41) is 3.24. The fourth-order valence-electron chi connectivity index (χ4n) is 3.05. The zero-order chi connectivity index (χ0) is 21.6. The van der Waals surface area contributed by atoms with Crippen LogP contribution in [0.15, 0.2) is 78.1 Å². The number of ether oxygens (including phenoxy) is 1. The number of carbonyl (C=O) groups is 1. The second-order valence-electron chi connectivity index (χ2n) is 6.84. The molecule has 4 aromatic rings. The average Bonchev–Trinajstić information content (AvgIpc) is 2.80. The van der Waals surface area contributed by atoms with Crippen LogP contribution < -0.4 is 15.6 Å². The van der Waals surface area contributed by atoms with Crippen LogP contribution in [-0.2, 0) is 17.9 Å². The zero-order valence-electron chi connectivity index (χ0n) is 16.5. The lowest BCUT2D eigenvalue weighted by atomic mass is 10.2. The van der Waals surface area contributed by atoms with E-state index in [9.17, 15) is 14.0 Å². The first-order valence-electron chi connectivity index (χ1n) is 9.67. The van der Waals surface area contributed by atoms with Crippen molar-refractivity contribution < 1.29 is 13.9 Å². The van der Waals surface area contributed by atoms with Crippen molar-refractivity contribution >= 4 is 16.8 Å². The number of rotatable bonds is 7. The van der Waals surface area contributed by atoms with Gasteiger partial charge in [0.1, 0.15) is 5.75 Å². The summed E-state index contributed by atoms with van der Waals surface area (Å²) in [5.74, 6) is -0.285. The fraction of sp³-hybridized carbons (Fsp3) is 0.130. The van der Waals surface area contributed by atoms with E-state index in [1.807, 2.05) is 6.07 Å². The Morgan fingerprint density at radius 1 is 1.13 bits per heavy atom. The van der Waals surface area contributed by atoms with Crippen molar-refractivity contribution in [3.05, 3.63) is 95.1 Å². The first kappa shape index (κ1) is 20.2. The van der Waals surface area contributed by atoms with Gasteiger partial charge in [-0.05, 0) is 42.0 Å². The molecule has 0 bridgehead atoms. The van der Waals surface area contributed by atoms with Crippen LogP contribution >= 0.6 is 0 Å². The number of para-hydroxylation sites is 1. The Labute approximate surface area is 177 Å². The second-order valence-corrected chi connectivity index (χ2v) is 6.84. The van der Waals surface area contributed by atoms with Gasteiger partial charge in [-0.1, -0.05) is 18.2 Å². The minimum absolute atomic E-state index is 0.0752. The third kappa shape index (κ3) is 4.92. The van der Waals surface area contributed by atoms with Crippen LogP contribution in [0, 0.1) is 5.82 Å². The van der Waals surface area contributed by atoms with Gasteiger partial charge in [0.25, 0.3) is 5.56 Å². The second kappa shape index (κ2) is 9.17. The Balaban J connectivity index is 1.32. The molecule has 31 heavy (non-hydrogen) atoms. The molecule has 8 heteroatoms. The molecular weight excluding hydrogens is 399 g/mol. The largest absolute Gasteiger partial charge is 0.453 e. The van der Waals surface area contributed by atoms with Crippen molar-refractivity contribution in [2.24, 2.45) is 0 Å². The van der Waals surface area contributed by atoms with Gasteiger partial charge in [-0.2, -0.15) is 0 Å². The Hall–Kier alpha value is -4.07. The number of fused-ring (bicyclic) bond motifs is 1. The number of nitrogens with zero attached hydrogens (tertiary/aromatic N) is 3. The molecular formula is C23H19FN4O3. The average molecular weight is 418 g/mol. The number of halogens is 1. The van der Waals surface area contributed by atoms with E-state index in [1.165, 1.54) is 29.2 Å². The lowest BCUT2D eigenvalue weighted by Gasteiger charge is -2.10. The third-order valence-electron chi connectivity index (χ3n) is 4.66. The number of benzene rings is 2. The minimum atomic E-state index is -0.538. The summed E-state index contributed by atoms with van der Waals surface area (Å²) in [6.07, 6.45) is 4.63. The van der Waals surface area contributed by atoms with Gasteiger partial charge in [0, 0.05) is 25.7 Å². The maximum Gasteiger partial charge on any atom is 0.261 e. The third-order valence-corrected chi connectivity index (χ3v) is 4.66. The van der Waals surface area contributed by atoms with Crippen molar-refractivity contribution in [3.63, 3.8) is 0 Å². The number of aryl methyl sites for hydroxylation is 1. The highest BCUT2D eigenvalue weighted by Crippen LogP contribution is 2.24. The molecule has 0 aliphatic rings. The molecule has 0 spiro atoms. The van der Waals surface area contributed by atoms with Crippen LogP contribution in [-0.4, -0.2) is 20.4 Å². The van der Waals surface area contributed by atoms with Gasteiger partial charge in [0.15, 0.2) is 11.6 Å². The van der Waals surface area contributed by atoms with Crippen LogP contribution in [0.2, 0.25) is 0 Å². The maximum absolute atomic E-state index is 14.3. The molecule has 1 N–H and O–H groups in total. The summed E-state index contributed by atoms with van der Waals surface area (Å²) < 4.78 is 21.2. The molecule has 156 valence electrons. The standard InChI is InChI=1S/C23H19FN4O3/c24-19-12-16(7-8-21(19)31-17-4-3-10-25-14-17)13-26-22(29)9-11-28-15-27-20-6-2-1-5-18(20)23(28)30/h1-8,10,12,14-15H,9,11,13H2,(H,26,29). The van der Waals surface area contributed by atoms with Gasteiger partial charge >= 0.3 is 0 Å². The van der Waals surface area contributed by atoms with Gasteiger partial charge < -0.3 is 10.1 Å². The van der Waals surface area contributed by atoms with Gasteiger partial charge in [0.05, 0.1) is 23.4 Å². The molecule has 2 aromatic heterocycles. The van der Waals surface area contributed by atoms with E-state index in [1.54, 1.807) is 42.6 Å². The van der Waals surface area contributed by atoms with Gasteiger partial charge in [-0.25, -0.2) is 9.37 Å². The number of hydrogen-bond acceptors (Lipinski definition) is 5. The van der Waals surface area contributed by atoms with Crippen molar-refractivity contribution in [2.45, 2.75) is 19.5 Å². The van der Waals surface area contributed by atoms with Crippen molar-refractivity contribution in [2.75, 3.05) is 0 Å². The molecule has 0 aliphatic carbocycles. The number of aromatic nitrogens is 3. The van der Waals surface area contributed by atoms with Gasteiger partial charge in [-0.15, -0.1) is 0 Å². The minimum Gasteiger partial charge on any atom is -0.453 e. The van der Waals surface area contributed by atoms with E-state index in [0.29, 0.717) is 22.2 Å². The number of amides is 1. The topological polar surface area (TPSA) is 86.1 Å². The molecule has 2 heterocycles. The molecule has 2 aromatic carbocycles. The van der Waals surface area contributed by atoms with Crippen LogP contribution in [0.1, 0.15) is 12.0 Å². The highest BCUT2D eigenvalue weighted by molar-refractivity contribution is 5.77. The highest BCUT2D eigenvalue weighted by Gasteiger charge is 2.09. The van der Waals surface area contributed by atoms with E-state index >= 15 is 0 Å². The molecule has 4 rings (SSSR count). The van der Waals surface area contributed by atoms with Crippen LogP contribution in [0.3, 0.4) is 0 Å². The Morgan fingerprint density at radius 3 is 2.81 bits per heavy atom. The molecule has 0 unspecified atom stereocenters. The van der Waals surface area contributed by atoms with E-state index in [0.717, 1.165) is 0 Å². The predicted molar refractivity (Wildman–Crippen MR) is 113 cm³/mol. The zero-order valence-corrected chi connectivity index (χ0v) is 16.5. The summed E-state index contributed by atoms with van der Waals surface area (Å²) in [4.78, 5) is 32.8. The quantitative estimate of drug-likeness (QED) is 0.497. The predicted octanol–water partition coefficient (Wildman–Crippen LogP) is 3.43. The molecule has 0 fully saturated rings. The molecule has 1 amide bonds. The smallest absolute Gasteiger partial charge is 0.261 e. The lowest BCUT2D eigenvalue weighted by molar-refractivity contribution is -0.121. The maximum atomic E-state index is 14.3. The number of carbonyl (C=O) groups excluding carboxylic acids is 1. The first-order valence-corrected chi connectivity index (χ1v) is 9.67. The molecule has 0 saturated carbocycles. The first-order chi connectivity index (χ1) is 15.1. The van der Waals surface area contributed by atoms with Crippen molar-refractivity contribution in [1.29, 1.82) is 0 Å². The van der Waals surface area contributed by atoms with Crippen molar-refractivity contribution in [1.82, 2.24) is 19.9 Å². The van der Waals surface area contributed by atoms with Crippen LogP contribution in [0.5, 0.6) is 11.5 Å². The van der Waals surface area contributed by atoms with E-state index in [-0.39, 0.29) is 36.7 Å². The summed E-state index contributed by atoms with van der Waals surface area (Å²) in [5.41, 5.74) is 1.02. The summed E-state index contributed by atoms with van der Waals surface area (Å²) >= 11 is 0. The number of hydrogen-bond donors (Lipinski definition) is 1.